The summed E-state index contributed by atoms with van der Waals surface area (Å²) in [7, 11) is 0. The largest absolute Gasteiger partial charge is 0.435 e. The summed E-state index contributed by atoms with van der Waals surface area (Å²) in [5.41, 5.74) is 8.91. The second-order valence-corrected chi connectivity index (χ2v) is 15.4. The van der Waals surface area contributed by atoms with Gasteiger partial charge in [-0.05, 0) is 97.8 Å². The highest BCUT2D eigenvalue weighted by molar-refractivity contribution is 6.34. The average molecular weight is 828 g/mol. The van der Waals surface area contributed by atoms with Crippen molar-refractivity contribution in [3.63, 3.8) is 0 Å². The molecule has 0 saturated carbocycles. The molecule has 298 valence electrons. The van der Waals surface area contributed by atoms with E-state index in [2.05, 4.69) is 110 Å². The Hall–Kier alpha value is -6.34. The van der Waals surface area contributed by atoms with E-state index in [-0.39, 0.29) is 0 Å². The van der Waals surface area contributed by atoms with Gasteiger partial charge < -0.3 is 18.6 Å². The molecule has 9 aromatic rings. The van der Waals surface area contributed by atoms with Crippen molar-refractivity contribution in [2.24, 2.45) is 0 Å². The van der Waals surface area contributed by atoms with E-state index in [1.807, 2.05) is 72.8 Å². The molecule has 0 aliphatic rings. The van der Waals surface area contributed by atoms with Crippen LogP contribution < -0.4 is 9.80 Å². The van der Waals surface area contributed by atoms with E-state index in [0.717, 1.165) is 104 Å². The molecule has 0 aliphatic carbocycles. The van der Waals surface area contributed by atoms with Crippen LogP contribution in [-0.2, 0) is 0 Å². The smallest absolute Gasteiger partial charge is 0.228 e. The number of oxazole rings is 2. The quantitative estimate of drug-likeness (QED) is 0.114. The van der Waals surface area contributed by atoms with Crippen molar-refractivity contribution in [1.29, 1.82) is 0 Å². The predicted octanol–water partition coefficient (Wildman–Crippen LogP) is 15.0. The molecular formula is C52H44Cl2N4O2. The van der Waals surface area contributed by atoms with Crippen LogP contribution in [0.3, 0.4) is 0 Å². The van der Waals surface area contributed by atoms with Gasteiger partial charge in [-0.15, -0.1) is 0 Å². The standard InChI is InChI=1S/C52H44Cl2N4O2/c1-5-57(6-2)35-29-25-33(26-30-35)47-49(41-21-13-15-23-43(41)53)59-51(55-47)45-37-17-9-11-19-39(37)46(40-20-12-10-18-38(40)45)52-56-48(50(60-52)42-22-14-16-24-44(42)54)34-27-31-36(32-28-34)58(7-3)8-4/h9-32H,5-8H2,1-4H3. The summed E-state index contributed by atoms with van der Waals surface area (Å²) in [4.78, 5) is 15.3. The van der Waals surface area contributed by atoms with Crippen LogP contribution in [0.25, 0.3) is 89.6 Å². The summed E-state index contributed by atoms with van der Waals surface area (Å²) in [5.74, 6) is 2.20. The van der Waals surface area contributed by atoms with Crippen LogP contribution in [0.2, 0.25) is 10.0 Å². The lowest BCUT2D eigenvalue weighted by molar-refractivity contribution is 0.589. The molecule has 0 spiro atoms. The fourth-order valence-electron chi connectivity index (χ4n) is 8.33. The van der Waals surface area contributed by atoms with Gasteiger partial charge in [-0.3, -0.25) is 0 Å². The van der Waals surface area contributed by atoms with Gasteiger partial charge in [0.1, 0.15) is 11.4 Å². The molecule has 2 aromatic heterocycles. The van der Waals surface area contributed by atoms with Crippen LogP contribution >= 0.6 is 23.2 Å². The van der Waals surface area contributed by atoms with Crippen LogP contribution in [0.1, 0.15) is 27.7 Å². The zero-order valence-electron chi connectivity index (χ0n) is 34.0. The van der Waals surface area contributed by atoms with Gasteiger partial charge in [-0.2, -0.15) is 0 Å². The molecule has 0 amide bonds. The molecule has 0 radical (unpaired) electrons. The molecule has 0 bridgehead atoms. The minimum atomic E-state index is 0.491. The summed E-state index contributed by atoms with van der Waals surface area (Å²) in [5, 5.41) is 4.97. The molecule has 2 heterocycles. The Morgan fingerprint density at radius 3 is 1.05 bits per heavy atom. The fraction of sp³-hybridized carbons (Fsp3) is 0.154. The first-order valence-electron chi connectivity index (χ1n) is 20.6. The molecule has 0 aliphatic heterocycles. The average Bonchev–Trinajstić information content (AvgIpc) is 3.93. The maximum Gasteiger partial charge on any atom is 0.228 e. The third kappa shape index (κ3) is 7.00. The second kappa shape index (κ2) is 16.7. The molecule has 8 heteroatoms. The van der Waals surface area contributed by atoms with E-state index in [0.29, 0.717) is 33.3 Å². The number of hydrogen-bond acceptors (Lipinski definition) is 6. The number of halogens is 2. The summed E-state index contributed by atoms with van der Waals surface area (Å²) in [6.07, 6.45) is 0. The molecule has 0 saturated heterocycles. The van der Waals surface area contributed by atoms with Crippen LogP contribution in [0.5, 0.6) is 0 Å². The van der Waals surface area contributed by atoms with Crippen molar-refractivity contribution >= 4 is 56.1 Å². The lowest BCUT2D eigenvalue weighted by Gasteiger charge is -2.21. The number of anilines is 2. The molecule has 0 unspecified atom stereocenters. The molecular weight excluding hydrogens is 784 g/mol. The van der Waals surface area contributed by atoms with Gasteiger partial charge in [0.15, 0.2) is 11.5 Å². The molecule has 6 nitrogen and oxygen atoms in total. The van der Waals surface area contributed by atoms with Gasteiger partial charge in [-0.25, -0.2) is 9.97 Å². The summed E-state index contributed by atoms with van der Waals surface area (Å²) < 4.78 is 13.9. The minimum absolute atomic E-state index is 0.491. The monoisotopic (exact) mass is 826 g/mol. The number of benzene rings is 7. The highest BCUT2D eigenvalue weighted by Gasteiger charge is 2.27. The maximum atomic E-state index is 6.94. The molecule has 60 heavy (non-hydrogen) atoms. The Kier molecular flexibility index (Phi) is 10.9. The van der Waals surface area contributed by atoms with Gasteiger partial charge in [0.25, 0.3) is 0 Å². The first kappa shape index (κ1) is 39.1. The van der Waals surface area contributed by atoms with Crippen molar-refractivity contribution in [2.75, 3.05) is 36.0 Å². The highest BCUT2D eigenvalue weighted by atomic mass is 35.5. The van der Waals surface area contributed by atoms with Gasteiger partial charge >= 0.3 is 0 Å². The van der Waals surface area contributed by atoms with Gasteiger partial charge in [-0.1, -0.05) is 120 Å². The lowest BCUT2D eigenvalue weighted by atomic mass is 9.91. The number of hydrogen-bond donors (Lipinski definition) is 0. The van der Waals surface area contributed by atoms with Crippen molar-refractivity contribution in [2.45, 2.75) is 27.7 Å². The first-order chi connectivity index (χ1) is 29.4. The second-order valence-electron chi connectivity index (χ2n) is 14.6. The normalized spacial score (nSPS) is 11.4. The van der Waals surface area contributed by atoms with Gasteiger partial charge in [0.2, 0.25) is 11.8 Å². The van der Waals surface area contributed by atoms with Gasteiger partial charge in [0, 0.05) is 59.8 Å². The summed E-state index contributed by atoms with van der Waals surface area (Å²) >= 11 is 13.8. The summed E-state index contributed by atoms with van der Waals surface area (Å²) in [6.45, 7) is 12.4. The van der Waals surface area contributed by atoms with Crippen molar-refractivity contribution < 1.29 is 8.83 Å². The Balaban J connectivity index is 1.27. The van der Waals surface area contributed by atoms with Crippen LogP contribution in [0.4, 0.5) is 11.4 Å². The van der Waals surface area contributed by atoms with Crippen LogP contribution in [-0.4, -0.2) is 36.1 Å². The number of aromatic nitrogens is 2. The molecule has 7 aromatic carbocycles. The van der Waals surface area contributed by atoms with Crippen molar-refractivity contribution in [3.05, 3.63) is 156 Å². The SMILES string of the molecule is CCN(CC)c1ccc(-c2nc(-c3c4ccccc4c(-c4nc(-c5ccc(N(CC)CC)cc5)c(-c5ccccc5Cl)o4)c4ccccc34)oc2-c2ccccc2Cl)cc1. The zero-order valence-corrected chi connectivity index (χ0v) is 35.6. The topological polar surface area (TPSA) is 58.5 Å². The highest BCUT2D eigenvalue weighted by Crippen LogP contribution is 2.48. The molecule has 9 rings (SSSR count). The molecule has 0 N–H and O–H groups in total. The minimum Gasteiger partial charge on any atom is -0.435 e. The summed E-state index contributed by atoms with van der Waals surface area (Å²) in [6, 6.07) is 49.2. The van der Waals surface area contributed by atoms with E-state index in [1.165, 1.54) is 0 Å². The van der Waals surface area contributed by atoms with E-state index >= 15 is 0 Å². The van der Waals surface area contributed by atoms with Crippen molar-refractivity contribution in [1.82, 2.24) is 9.97 Å². The third-order valence-electron chi connectivity index (χ3n) is 11.4. The molecule has 0 atom stereocenters. The van der Waals surface area contributed by atoms with Crippen molar-refractivity contribution in [3.8, 4) is 68.1 Å². The number of nitrogens with zero attached hydrogens (tertiary/aromatic N) is 4. The van der Waals surface area contributed by atoms with Gasteiger partial charge in [0.05, 0.1) is 21.2 Å². The van der Waals surface area contributed by atoms with E-state index in [9.17, 15) is 0 Å². The Morgan fingerprint density at radius 1 is 0.417 bits per heavy atom. The third-order valence-corrected chi connectivity index (χ3v) is 12.0. The Labute approximate surface area is 360 Å². The Morgan fingerprint density at radius 2 is 0.733 bits per heavy atom. The van der Waals surface area contributed by atoms with E-state index < -0.39 is 0 Å². The van der Waals surface area contributed by atoms with E-state index in [4.69, 9.17) is 42.0 Å². The van der Waals surface area contributed by atoms with Crippen LogP contribution in [0, 0.1) is 0 Å². The van der Waals surface area contributed by atoms with E-state index in [1.54, 1.807) is 0 Å². The number of fused-ring (bicyclic) bond motifs is 2. The lowest BCUT2D eigenvalue weighted by Crippen LogP contribution is -2.21. The molecule has 0 fully saturated rings. The fourth-order valence-corrected chi connectivity index (χ4v) is 8.77. The zero-order chi connectivity index (χ0) is 41.3. The Bertz CT molecular complexity index is 2700. The predicted molar refractivity (Wildman–Crippen MR) is 251 cm³/mol. The first-order valence-corrected chi connectivity index (χ1v) is 21.3. The maximum absolute atomic E-state index is 6.94. The van der Waals surface area contributed by atoms with Crippen LogP contribution in [0.15, 0.2) is 154 Å². The number of rotatable bonds is 12.